The average molecular weight is 289 g/mol. The van der Waals surface area contributed by atoms with Crippen molar-refractivity contribution in [1.29, 1.82) is 0 Å². The first-order valence-electron chi connectivity index (χ1n) is 8.38. The van der Waals surface area contributed by atoms with Crippen LogP contribution in [0.4, 0.5) is 0 Å². The van der Waals surface area contributed by atoms with Crippen LogP contribution in [0.25, 0.3) is 22.2 Å². The van der Waals surface area contributed by atoms with Gasteiger partial charge in [0, 0.05) is 28.4 Å². The summed E-state index contributed by atoms with van der Waals surface area (Å²) in [4.78, 5) is 0. The van der Waals surface area contributed by atoms with E-state index in [2.05, 4.69) is 73.9 Å². The van der Waals surface area contributed by atoms with E-state index in [9.17, 15) is 0 Å². The van der Waals surface area contributed by atoms with Gasteiger partial charge in [-0.3, -0.25) is 0 Å². The lowest BCUT2D eigenvalue weighted by Gasteiger charge is -2.21. The third kappa shape index (κ3) is 1.65. The minimum absolute atomic E-state index is 0.0863. The molecule has 4 rings (SSSR count). The number of para-hydroxylation sites is 1. The first-order valence-corrected chi connectivity index (χ1v) is 8.38. The lowest BCUT2D eigenvalue weighted by molar-refractivity contribution is 0.646. The Labute approximate surface area is 132 Å². The average Bonchev–Trinajstić information content (AvgIpc) is 2.98. The molecule has 0 aliphatic heterocycles. The lowest BCUT2D eigenvalue weighted by Crippen LogP contribution is -2.14. The number of fused-ring (bicyclic) bond motifs is 5. The van der Waals surface area contributed by atoms with E-state index in [0.717, 1.165) is 6.54 Å². The molecule has 2 aromatic carbocycles. The molecule has 1 aliphatic carbocycles. The Hall–Kier alpha value is -2.02. The van der Waals surface area contributed by atoms with Crippen LogP contribution in [-0.4, -0.2) is 4.57 Å². The monoisotopic (exact) mass is 289 g/mol. The highest BCUT2D eigenvalue weighted by Crippen LogP contribution is 2.52. The van der Waals surface area contributed by atoms with Gasteiger partial charge in [-0.05, 0) is 23.6 Å². The third-order valence-corrected chi connectivity index (χ3v) is 5.19. The molecule has 1 aromatic heterocycles. The van der Waals surface area contributed by atoms with Crippen molar-refractivity contribution in [2.24, 2.45) is 0 Å². The van der Waals surface area contributed by atoms with Gasteiger partial charge in [-0.25, -0.2) is 0 Å². The quantitative estimate of drug-likeness (QED) is 0.578. The van der Waals surface area contributed by atoms with E-state index < -0.39 is 0 Å². The smallest absolute Gasteiger partial charge is 0.0535 e. The fraction of sp³-hybridized carbons (Fsp3) is 0.333. The van der Waals surface area contributed by atoms with Crippen molar-refractivity contribution in [3.05, 3.63) is 59.7 Å². The third-order valence-electron chi connectivity index (χ3n) is 5.19. The van der Waals surface area contributed by atoms with E-state index in [4.69, 9.17) is 0 Å². The summed E-state index contributed by atoms with van der Waals surface area (Å²) in [5, 5.41) is 1.43. The van der Waals surface area contributed by atoms with Crippen molar-refractivity contribution in [1.82, 2.24) is 4.57 Å². The summed E-state index contributed by atoms with van der Waals surface area (Å²) < 4.78 is 2.56. The first kappa shape index (κ1) is 13.6. The molecule has 0 fully saturated rings. The first-order chi connectivity index (χ1) is 10.7. The van der Waals surface area contributed by atoms with E-state index in [0.29, 0.717) is 0 Å². The van der Waals surface area contributed by atoms with Crippen molar-refractivity contribution >= 4 is 10.9 Å². The number of aromatic nitrogens is 1. The zero-order valence-electron chi connectivity index (χ0n) is 13.7. The molecule has 0 bridgehead atoms. The van der Waals surface area contributed by atoms with E-state index in [1.54, 1.807) is 0 Å². The number of aryl methyl sites for hydroxylation is 1. The van der Waals surface area contributed by atoms with E-state index >= 15 is 0 Å². The Morgan fingerprint density at radius 2 is 1.68 bits per heavy atom. The van der Waals surface area contributed by atoms with E-state index in [1.807, 2.05) is 0 Å². The van der Waals surface area contributed by atoms with E-state index in [1.165, 1.54) is 46.1 Å². The molecule has 0 N–H and O–H groups in total. The highest BCUT2D eigenvalue weighted by molar-refractivity contribution is 5.97. The standard InChI is InChI=1S/C21H23N/c1-4-5-14-22-18-13-9-7-11-16(18)19-20(22)15-10-6-8-12-17(15)21(19,2)3/h6-13H,4-5,14H2,1-3H3. The van der Waals surface area contributed by atoms with Crippen LogP contribution in [-0.2, 0) is 12.0 Å². The number of hydrogen-bond donors (Lipinski definition) is 0. The van der Waals surface area contributed by atoms with Gasteiger partial charge in [0.1, 0.15) is 0 Å². The molecule has 1 heteroatoms. The van der Waals surface area contributed by atoms with Crippen LogP contribution in [0, 0.1) is 0 Å². The van der Waals surface area contributed by atoms with Crippen LogP contribution in [0.15, 0.2) is 48.5 Å². The summed E-state index contributed by atoms with van der Waals surface area (Å²) in [6.07, 6.45) is 2.46. The van der Waals surface area contributed by atoms with Gasteiger partial charge in [-0.2, -0.15) is 0 Å². The number of rotatable bonds is 3. The molecule has 22 heavy (non-hydrogen) atoms. The normalized spacial score (nSPS) is 15.0. The molecule has 1 heterocycles. The van der Waals surface area contributed by atoms with Crippen LogP contribution in [0.1, 0.15) is 44.7 Å². The Bertz CT molecular complexity index is 851. The highest BCUT2D eigenvalue weighted by atomic mass is 15.0. The summed E-state index contributed by atoms with van der Waals surface area (Å²) >= 11 is 0. The fourth-order valence-electron chi connectivity index (χ4n) is 4.13. The molecule has 0 spiro atoms. The summed E-state index contributed by atoms with van der Waals surface area (Å²) in [7, 11) is 0. The van der Waals surface area contributed by atoms with Gasteiger partial charge in [-0.15, -0.1) is 0 Å². The second-order valence-corrected chi connectivity index (χ2v) is 6.92. The van der Waals surface area contributed by atoms with Crippen molar-refractivity contribution in [2.75, 3.05) is 0 Å². The molecule has 0 saturated carbocycles. The lowest BCUT2D eigenvalue weighted by atomic mass is 9.81. The molecule has 1 aliphatic rings. The summed E-state index contributed by atoms with van der Waals surface area (Å²) in [5.41, 5.74) is 7.34. The highest BCUT2D eigenvalue weighted by Gasteiger charge is 2.39. The van der Waals surface area contributed by atoms with Gasteiger partial charge in [0.2, 0.25) is 0 Å². The predicted octanol–water partition coefficient (Wildman–Crippen LogP) is 5.75. The van der Waals surface area contributed by atoms with Gasteiger partial charge >= 0.3 is 0 Å². The number of nitrogens with zero attached hydrogens (tertiary/aromatic N) is 1. The minimum Gasteiger partial charge on any atom is -0.340 e. The molecule has 0 amide bonds. The van der Waals surface area contributed by atoms with Gasteiger partial charge < -0.3 is 4.57 Å². The van der Waals surface area contributed by atoms with Crippen LogP contribution in [0.2, 0.25) is 0 Å². The molecule has 0 saturated heterocycles. The maximum atomic E-state index is 2.56. The fourth-order valence-corrected chi connectivity index (χ4v) is 4.13. The molecule has 0 unspecified atom stereocenters. The van der Waals surface area contributed by atoms with Crippen molar-refractivity contribution < 1.29 is 0 Å². The van der Waals surface area contributed by atoms with Crippen LogP contribution in [0.5, 0.6) is 0 Å². The number of hydrogen-bond acceptors (Lipinski definition) is 0. The Kier molecular flexibility index (Phi) is 2.94. The minimum atomic E-state index is 0.0863. The molecule has 0 atom stereocenters. The van der Waals surface area contributed by atoms with Crippen molar-refractivity contribution in [3.63, 3.8) is 0 Å². The number of unbranched alkanes of at least 4 members (excludes halogenated alkanes) is 1. The summed E-state index contributed by atoms with van der Waals surface area (Å²) in [6.45, 7) is 8.11. The van der Waals surface area contributed by atoms with Gasteiger partial charge in [-0.1, -0.05) is 69.7 Å². The topological polar surface area (TPSA) is 4.93 Å². The molecule has 3 aromatic rings. The predicted molar refractivity (Wildman–Crippen MR) is 94.4 cm³/mol. The van der Waals surface area contributed by atoms with Gasteiger partial charge in [0.25, 0.3) is 0 Å². The zero-order valence-corrected chi connectivity index (χ0v) is 13.7. The summed E-state index contributed by atoms with van der Waals surface area (Å²) in [5.74, 6) is 0. The SMILES string of the molecule is CCCCn1c2c(c3ccccc31)C(C)(C)c1ccccc1-2. The molecule has 112 valence electrons. The van der Waals surface area contributed by atoms with Gasteiger partial charge in [0.05, 0.1) is 5.69 Å². The molecular formula is C21H23N. The van der Waals surface area contributed by atoms with Crippen LogP contribution in [0.3, 0.4) is 0 Å². The summed E-state index contributed by atoms with van der Waals surface area (Å²) in [6, 6.07) is 17.9. The second kappa shape index (κ2) is 4.74. The van der Waals surface area contributed by atoms with Crippen molar-refractivity contribution in [3.8, 4) is 11.3 Å². The Balaban J connectivity index is 2.11. The van der Waals surface area contributed by atoms with Crippen molar-refractivity contribution in [2.45, 2.75) is 45.6 Å². The van der Waals surface area contributed by atoms with Crippen LogP contribution >= 0.6 is 0 Å². The van der Waals surface area contributed by atoms with Crippen LogP contribution < -0.4 is 0 Å². The maximum Gasteiger partial charge on any atom is 0.0535 e. The molecular weight excluding hydrogens is 266 g/mol. The Morgan fingerprint density at radius 3 is 2.50 bits per heavy atom. The van der Waals surface area contributed by atoms with E-state index in [-0.39, 0.29) is 5.41 Å². The maximum absolute atomic E-state index is 2.56. The Morgan fingerprint density at radius 1 is 0.955 bits per heavy atom. The molecule has 1 nitrogen and oxygen atoms in total. The largest absolute Gasteiger partial charge is 0.340 e. The zero-order chi connectivity index (χ0) is 15.3. The molecule has 0 radical (unpaired) electrons. The second-order valence-electron chi connectivity index (χ2n) is 6.92. The van der Waals surface area contributed by atoms with Gasteiger partial charge in [0.15, 0.2) is 0 Å². The number of benzene rings is 2.